The quantitative estimate of drug-likeness (QED) is 0.528. The molecule has 0 atom stereocenters. The highest BCUT2D eigenvalue weighted by Crippen LogP contribution is 2.23. The van der Waals surface area contributed by atoms with Crippen molar-refractivity contribution in [3.8, 4) is 11.5 Å². The van der Waals surface area contributed by atoms with Gasteiger partial charge in [-0.3, -0.25) is 10.1 Å². The number of carbonyl (C=O) groups is 1. The lowest BCUT2D eigenvalue weighted by molar-refractivity contribution is 0.102. The van der Waals surface area contributed by atoms with Crippen LogP contribution in [-0.2, 0) is 6.42 Å². The van der Waals surface area contributed by atoms with Crippen LogP contribution in [0, 0.1) is 11.6 Å². The number of carbonyl (C=O) groups excluding carboxylic acids is 1. The predicted octanol–water partition coefficient (Wildman–Crippen LogP) is 4.86. The summed E-state index contributed by atoms with van der Waals surface area (Å²) in [7, 11) is 0. The van der Waals surface area contributed by atoms with Crippen molar-refractivity contribution in [2.75, 3.05) is 5.32 Å². The molecule has 0 aliphatic heterocycles. The molecule has 0 aliphatic carbocycles. The summed E-state index contributed by atoms with van der Waals surface area (Å²) in [4.78, 5) is 12.4. The minimum absolute atomic E-state index is 0.0512. The number of amides is 1. The molecule has 29 heavy (non-hydrogen) atoms. The van der Waals surface area contributed by atoms with E-state index in [9.17, 15) is 13.6 Å². The van der Waals surface area contributed by atoms with Crippen LogP contribution in [0.2, 0.25) is 0 Å². The standard InChI is InChI=1S/C22H15F2N3O2/c23-17-10-11-18(19(24)13-17)21-26-27-22(29-21)25-20(28)16-8-6-15(7-9-16)12-14-4-2-1-3-5-14/h1-11,13H,12H2,(H,25,27,28). The minimum atomic E-state index is -0.833. The van der Waals surface area contributed by atoms with Gasteiger partial charge in [0.25, 0.3) is 11.8 Å². The molecular weight excluding hydrogens is 376 g/mol. The molecule has 0 unspecified atom stereocenters. The lowest BCUT2D eigenvalue weighted by Gasteiger charge is -2.04. The maximum Gasteiger partial charge on any atom is 0.322 e. The molecule has 0 saturated carbocycles. The highest BCUT2D eigenvalue weighted by atomic mass is 19.1. The molecule has 0 spiro atoms. The predicted molar refractivity (Wildman–Crippen MR) is 103 cm³/mol. The summed E-state index contributed by atoms with van der Waals surface area (Å²) in [5, 5.41) is 9.85. The maximum absolute atomic E-state index is 13.8. The van der Waals surface area contributed by atoms with Gasteiger partial charge in [-0.2, -0.15) is 0 Å². The molecule has 5 nitrogen and oxygen atoms in total. The van der Waals surface area contributed by atoms with E-state index in [-0.39, 0.29) is 17.5 Å². The van der Waals surface area contributed by atoms with Gasteiger partial charge < -0.3 is 4.42 Å². The van der Waals surface area contributed by atoms with Crippen LogP contribution in [0.4, 0.5) is 14.8 Å². The van der Waals surface area contributed by atoms with Crippen molar-refractivity contribution in [1.29, 1.82) is 0 Å². The molecule has 7 heteroatoms. The van der Waals surface area contributed by atoms with Crippen molar-refractivity contribution in [3.05, 3.63) is 101 Å². The summed E-state index contributed by atoms with van der Waals surface area (Å²) in [5.41, 5.74) is 2.61. The number of hydrogen-bond acceptors (Lipinski definition) is 4. The highest BCUT2D eigenvalue weighted by molar-refractivity contribution is 6.03. The molecule has 144 valence electrons. The molecule has 0 fully saturated rings. The van der Waals surface area contributed by atoms with E-state index in [2.05, 4.69) is 15.5 Å². The van der Waals surface area contributed by atoms with Crippen molar-refractivity contribution in [3.63, 3.8) is 0 Å². The second-order valence-electron chi connectivity index (χ2n) is 6.35. The Morgan fingerprint density at radius 3 is 2.34 bits per heavy atom. The zero-order valence-electron chi connectivity index (χ0n) is 15.1. The van der Waals surface area contributed by atoms with Crippen LogP contribution in [0.1, 0.15) is 21.5 Å². The van der Waals surface area contributed by atoms with Gasteiger partial charge >= 0.3 is 6.01 Å². The number of nitrogens with one attached hydrogen (secondary N) is 1. The third-order valence-electron chi connectivity index (χ3n) is 4.27. The van der Waals surface area contributed by atoms with Gasteiger partial charge in [0.2, 0.25) is 0 Å². The third-order valence-corrected chi connectivity index (χ3v) is 4.27. The number of aromatic nitrogens is 2. The van der Waals surface area contributed by atoms with Crippen molar-refractivity contribution >= 4 is 11.9 Å². The first-order valence-corrected chi connectivity index (χ1v) is 8.81. The van der Waals surface area contributed by atoms with Gasteiger partial charge in [0.1, 0.15) is 11.6 Å². The highest BCUT2D eigenvalue weighted by Gasteiger charge is 2.16. The molecule has 1 amide bonds. The fourth-order valence-electron chi connectivity index (χ4n) is 2.82. The molecule has 1 heterocycles. The Kier molecular flexibility index (Phi) is 5.11. The van der Waals surface area contributed by atoms with Crippen LogP contribution in [0.3, 0.4) is 0 Å². The van der Waals surface area contributed by atoms with E-state index in [1.54, 1.807) is 12.1 Å². The van der Waals surface area contributed by atoms with Crippen LogP contribution in [0.25, 0.3) is 11.5 Å². The van der Waals surface area contributed by atoms with Gasteiger partial charge in [-0.25, -0.2) is 8.78 Å². The van der Waals surface area contributed by atoms with Crippen LogP contribution in [-0.4, -0.2) is 16.1 Å². The van der Waals surface area contributed by atoms with Crippen LogP contribution < -0.4 is 5.32 Å². The zero-order valence-corrected chi connectivity index (χ0v) is 15.1. The van der Waals surface area contributed by atoms with Gasteiger partial charge in [0.05, 0.1) is 5.56 Å². The van der Waals surface area contributed by atoms with E-state index in [0.717, 1.165) is 24.1 Å². The lowest BCUT2D eigenvalue weighted by Crippen LogP contribution is -2.12. The molecular formula is C22H15F2N3O2. The topological polar surface area (TPSA) is 68.0 Å². The Balaban J connectivity index is 1.44. The van der Waals surface area contributed by atoms with Crippen LogP contribution in [0.5, 0.6) is 0 Å². The second kappa shape index (κ2) is 8.02. The average molecular weight is 391 g/mol. The molecule has 4 rings (SSSR count). The molecule has 0 saturated heterocycles. The number of nitrogens with zero attached hydrogens (tertiary/aromatic N) is 2. The largest absolute Gasteiger partial charge is 0.403 e. The molecule has 1 N–H and O–H groups in total. The summed E-state index contributed by atoms with van der Waals surface area (Å²) in [5.74, 6) is -2.14. The summed E-state index contributed by atoms with van der Waals surface area (Å²) < 4.78 is 32.1. The molecule has 0 radical (unpaired) electrons. The lowest BCUT2D eigenvalue weighted by atomic mass is 10.0. The van der Waals surface area contributed by atoms with Crippen LogP contribution in [0.15, 0.2) is 77.2 Å². The van der Waals surface area contributed by atoms with E-state index >= 15 is 0 Å². The smallest absolute Gasteiger partial charge is 0.322 e. The number of hydrogen-bond donors (Lipinski definition) is 1. The third kappa shape index (κ3) is 4.35. The normalized spacial score (nSPS) is 10.7. The molecule has 0 bridgehead atoms. The number of benzene rings is 3. The van der Waals surface area contributed by atoms with Gasteiger partial charge in [0, 0.05) is 11.6 Å². The second-order valence-corrected chi connectivity index (χ2v) is 6.35. The van der Waals surface area contributed by atoms with Crippen molar-refractivity contribution in [2.45, 2.75) is 6.42 Å². The van der Waals surface area contributed by atoms with E-state index < -0.39 is 17.5 Å². The average Bonchev–Trinajstić information content (AvgIpc) is 3.17. The maximum atomic E-state index is 13.8. The first-order chi connectivity index (χ1) is 14.1. The van der Waals surface area contributed by atoms with Gasteiger partial charge in [-0.15, -0.1) is 5.10 Å². The van der Waals surface area contributed by atoms with Crippen molar-refractivity contribution < 1.29 is 18.0 Å². The monoisotopic (exact) mass is 391 g/mol. The summed E-state index contributed by atoms with van der Waals surface area (Å²) in [6.07, 6.45) is 0.763. The molecule has 3 aromatic carbocycles. The summed E-state index contributed by atoms with van der Waals surface area (Å²) >= 11 is 0. The Morgan fingerprint density at radius 1 is 0.897 bits per heavy atom. The van der Waals surface area contributed by atoms with Gasteiger partial charge in [0.15, 0.2) is 0 Å². The van der Waals surface area contributed by atoms with E-state index in [4.69, 9.17) is 4.42 Å². The first kappa shape index (κ1) is 18.5. The van der Waals surface area contributed by atoms with Crippen LogP contribution >= 0.6 is 0 Å². The van der Waals surface area contributed by atoms with Crippen molar-refractivity contribution in [2.24, 2.45) is 0 Å². The van der Waals surface area contributed by atoms with E-state index in [1.165, 1.54) is 11.6 Å². The summed E-state index contributed by atoms with van der Waals surface area (Å²) in [6.45, 7) is 0. The van der Waals surface area contributed by atoms with Crippen molar-refractivity contribution in [1.82, 2.24) is 10.2 Å². The number of rotatable bonds is 5. The van der Waals surface area contributed by atoms with Gasteiger partial charge in [-0.05, 0) is 41.8 Å². The SMILES string of the molecule is O=C(Nc1nnc(-c2ccc(F)cc2F)o1)c1ccc(Cc2ccccc2)cc1. The van der Waals surface area contributed by atoms with E-state index in [0.29, 0.717) is 5.56 Å². The summed E-state index contributed by atoms with van der Waals surface area (Å²) in [6, 6.07) is 19.9. The number of halogens is 2. The minimum Gasteiger partial charge on any atom is -0.403 e. The first-order valence-electron chi connectivity index (χ1n) is 8.81. The molecule has 4 aromatic rings. The fourth-order valence-corrected chi connectivity index (χ4v) is 2.82. The molecule has 1 aromatic heterocycles. The Morgan fingerprint density at radius 2 is 1.62 bits per heavy atom. The molecule has 0 aliphatic rings. The number of anilines is 1. The van der Waals surface area contributed by atoms with E-state index in [1.807, 2.05) is 42.5 Å². The fraction of sp³-hybridized carbons (Fsp3) is 0.0455. The Hall–Kier alpha value is -3.87. The van der Waals surface area contributed by atoms with Gasteiger partial charge in [-0.1, -0.05) is 47.6 Å². The Labute approximate surface area is 165 Å². The zero-order chi connectivity index (χ0) is 20.2. The Bertz CT molecular complexity index is 1140.